The predicted molar refractivity (Wildman–Crippen MR) is 74.9 cm³/mol. The number of hydrogen-bond acceptors (Lipinski definition) is 1. The Balaban J connectivity index is 2.56. The number of aryl methyl sites for hydroxylation is 1. The topological polar surface area (TPSA) is 103 Å². The molecular formula is C11H16BrN5. The molecule has 0 aliphatic rings. The van der Waals surface area contributed by atoms with Crippen LogP contribution >= 0.6 is 15.9 Å². The molecule has 17 heavy (non-hydrogen) atoms. The Morgan fingerprint density at radius 3 is 2.59 bits per heavy atom. The molecule has 0 atom stereocenters. The minimum absolute atomic E-state index is 0.0793. The van der Waals surface area contributed by atoms with Crippen molar-refractivity contribution < 1.29 is 0 Å². The Bertz CT molecular complexity index is 449. The van der Waals surface area contributed by atoms with Crippen molar-refractivity contribution in [2.24, 2.45) is 27.2 Å². The molecule has 0 aliphatic heterocycles. The van der Waals surface area contributed by atoms with E-state index in [9.17, 15) is 0 Å². The molecule has 0 spiro atoms. The smallest absolute Gasteiger partial charge is 0.218 e. The maximum atomic E-state index is 5.49. The molecule has 0 aliphatic carbocycles. The quantitative estimate of drug-likeness (QED) is 0.570. The van der Waals surface area contributed by atoms with Crippen LogP contribution in [0.1, 0.15) is 11.1 Å². The van der Waals surface area contributed by atoms with Gasteiger partial charge >= 0.3 is 0 Å². The van der Waals surface area contributed by atoms with Gasteiger partial charge in [-0.1, -0.05) is 28.1 Å². The Kier molecular flexibility index (Phi) is 4.96. The third-order valence-electron chi connectivity index (χ3n) is 2.15. The van der Waals surface area contributed by atoms with Crippen molar-refractivity contribution in [1.82, 2.24) is 0 Å². The first-order valence-electron chi connectivity index (χ1n) is 5.13. The summed E-state index contributed by atoms with van der Waals surface area (Å²) in [5.74, 6) is 0.0282. The zero-order valence-electron chi connectivity index (χ0n) is 9.65. The van der Waals surface area contributed by atoms with Crippen molar-refractivity contribution >= 4 is 27.8 Å². The van der Waals surface area contributed by atoms with Crippen LogP contribution in [0.3, 0.4) is 0 Å². The molecule has 0 saturated carbocycles. The zero-order chi connectivity index (χ0) is 12.8. The van der Waals surface area contributed by atoms with Crippen LogP contribution in [0, 0.1) is 6.92 Å². The molecule has 92 valence electrons. The van der Waals surface area contributed by atoms with Gasteiger partial charge < -0.3 is 17.2 Å². The minimum Gasteiger partial charge on any atom is -0.370 e. The fraction of sp³-hybridized carbons (Fsp3) is 0.273. The number of halogens is 1. The summed E-state index contributed by atoms with van der Waals surface area (Å²) in [6.45, 7) is 2.60. The van der Waals surface area contributed by atoms with E-state index in [-0.39, 0.29) is 11.9 Å². The van der Waals surface area contributed by atoms with E-state index >= 15 is 0 Å². The first-order valence-corrected chi connectivity index (χ1v) is 5.93. The first-order chi connectivity index (χ1) is 7.99. The summed E-state index contributed by atoms with van der Waals surface area (Å²) in [6, 6.07) is 6.19. The molecule has 0 aromatic heterocycles. The lowest BCUT2D eigenvalue weighted by atomic mass is 10.1. The van der Waals surface area contributed by atoms with Crippen molar-refractivity contribution in [2.75, 3.05) is 6.54 Å². The zero-order valence-corrected chi connectivity index (χ0v) is 11.2. The van der Waals surface area contributed by atoms with Crippen LogP contribution in [0.4, 0.5) is 0 Å². The molecule has 5 nitrogen and oxygen atoms in total. The second kappa shape index (κ2) is 6.24. The van der Waals surface area contributed by atoms with Crippen LogP contribution in [-0.2, 0) is 6.42 Å². The van der Waals surface area contributed by atoms with Gasteiger partial charge in [-0.3, -0.25) is 4.99 Å². The molecular weight excluding hydrogens is 282 g/mol. The summed E-state index contributed by atoms with van der Waals surface area (Å²) in [6.07, 6.45) is 0.791. The fourth-order valence-corrected chi connectivity index (χ4v) is 1.69. The van der Waals surface area contributed by atoms with Gasteiger partial charge in [-0.05, 0) is 30.5 Å². The second-order valence-corrected chi connectivity index (χ2v) is 4.46. The van der Waals surface area contributed by atoms with Crippen LogP contribution in [0.2, 0.25) is 0 Å². The first kappa shape index (κ1) is 13.5. The van der Waals surface area contributed by atoms with E-state index in [0.717, 1.165) is 10.9 Å². The van der Waals surface area contributed by atoms with E-state index in [0.29, 0.717) is 6.54 Å². The molecule has 1 rings (SSSR count). The molecule has 0 heterocycles. The Labute approximate surface area is 109 Å². The lowest BCUT2D eigenvalue weighted by Gasteiger charge is -2.02. The fourth-order valence-electron chi connectivity index (χ4n) is 1.26. The number of hydrogen-bond donors (Lipinski definition) is 3. The van der Waals surface area contributed by atoms with E-state index < -0.39 is 0 Å². The van der Waals surface area contributed by atoms with Gasteiger partial charge in [-0.25, -0.2) is 0 Å². The molecule has 1 aromatic carbocycles. The third-order valence-corrected chi connectivity index (χ3v) is 3.01. The van der Waals surface area contributed by atoms with E-state index in [1.165, 1.54) is 11.1 Å². The minimum atomic E-state index is -0.0793. The highest BCUT2D eigenvalue weighted by atomic mass is 79.9. The number of guanidine groups is 2. The summed E-state index contributed by atoms with van der Waals surface area (Å²) in [5, 5.41) is 0. The average molecular weight is 298 g/mol. The molecule has 1 aromatic rings. The molecule has 0 fully saturated rings. The van der Waals surface area contributed by atoms with Gasteiger partial charge in [0.05, 0.1) is 0 Å². The van der Waals surface area contributed by atoms with Gasteiger partial charge in [0.2, 0.25) is 5.96 Å². The van der Waals surface area contributed by atoms with E-state index in [1.807, 2.05) is 6.92 Å². The highest BCUT2D eigenvalue weighted by Crippen LogP contribution is 2.17. The monoisotopic (exact) mass is 297 g/mol. The SMILES string of the molecule is Cc1ccc(CCN=C(N)N=C(N)N)cc1Br. The van der Waals surface area contributed by atoms with Gasteiger partial charge in [0.1, 0.15) is 0 Å². The number of aliphatic imine (C=N–C) groups is 2. The molecule has 0 saturated heterocycles. The van der Waals surface area contributed by atoms with Crippen LogP contribution in [0.5, 0.6) is 0 Å². The van der Waals surface area contributed by atoms with Crippen molar-refractivity contribution in [3.05, 3.63) is 33.8 Å². The summed E-state index contributed by atoms with van der Waals surface area (Å²) >= 11 is 3.48. The van der Waals surface area contributed by atoms with Gasteiger partial charge in [0.15, 0.2) is 5.96 Å². The van der Waals surface area contributed by atoms with E-state index in [1.54, 1.807) is 0 Å². The Morgan fingerprint density at radius 2 is 2.00 bits per heavy atom. The summed E-state index contributed by atoms with van der Waals surface area (Å²) in [7, 11) is 0. The Morgan fingerprint density at radius 1 is 1.29 bits per heavy atom. The Hall–Kier alpha value is -1.56. The molecule has 0 unspecified atom stereocenters. The molecule has 6 heteroatoms. The average Bonchev–Trinajstić information content (AvgIpc) is 2.22. The van der Waals surface area contributed by atoms with Crippen molar-refractivity contribution in [3.8, 4) is 0 Å². The molecule has 0 radical (unpaired) electrons. The van der Waals surface area contributed by atoms with Crippen molar-refractivity contribution in [2.45, 2.75) is 13.3 Å². The van der Waals surface area contributed by atoms with E-state index in [2.05, 4.69) is 44.1 Å². The number of nitrogens with two attached hydrogens (primary N) is 3. The predicted octanol–water partition coefficient (Wildman–Crippen LogP) is 0.888. The maximum Gasteiger partial charge on any atom is 0.218 e. The summed E-state index contributed by atoms with van der Waals surface area (Å²) in [5.41, 5.74) is 18.2. The van der Waals surface area contributed by atoms with Crippen molar-refractivity contribution in [3.63, 3.8) is 0 Å². The molecule has 6 N–H and O–H groups in total. The largest absolute Gasteiger partial charge is 0.370 e. The van der Waals surface area contributed by atoms with Gasteiger partial charge in [0, 0.05) is 11.0 Å². The van der Waals surface area contributed by atoms with Gasteiger partial charge in [-0.2, -0.15) is 4.99 Å². The number of benzene rings is 1. The number of nitrogens with zero attached hydrogens (tertiary/aromatic N) is 2. The lowest BCUT2D eigenvalue weighted by molar-refractivity contribution is 0.960. The molecule has 0 amide bonds. The van der Waals surface area contributed by atoms with Crippen LogP contribution < -0.4 is 17.2 Å². The van der Waals surface area contributed by atoms with Crippen LogP contribution in [-0.4, -0.2) is 18.5 Å². The van der Waals surface area contributed by atoms with Crippen molar-refractivity contribution in [1.29, 1.82) is 0 Å². The molecule has 0 bridgehead atoms. The van der Waals surface area contributed by atoms with Gasteiger partial charge in [-0.15, -0.1) is 0 Å². The third kappa shape index (κ3) is 4.86. The maximum absolute atomic E-state index is 5.49. The number of rotatable bonds is 3. The highest BCUT2D eigenvalue weighted by molar-refractivity contribution is 9.10. The van der Waals surface area contributed by atoms with Gasteiger partial charge in [0.25, 0.3) is 0 Å². The van der Waals surface area contributed by atoms with Crippen LogP contribution in [0.25, 0.3) is 0 Å². The van der Waals surface area contributed by atoms with E-state index in [4.69, 9.17) is 17.2 Å². The highest BCUT2D eigenvalue weighted by Gasteiger charge is 1.97. The summed E-state index contributed by atoms with van der Waals surface area (Å²) in [4.78, 5) is 7.67. The lowest BCUT2D eigenvalue weighted by Crippen LogP contribution is -2.26. The summed E-state index contributed by atoms with van der Waals surface area (Å²) < 4.78 is 1.09. The normalized spacial score (nSPS) is 11.3. The second-order valence-electron chi connectivity index (χ2n) is 3.61. The van der Waals surface area contributed by atoms with Crippen LogP contribution in [0.15, 0.2) is 32.7 Å². The standard InChI is InChI=1S/C11H16BrN5/c1-7-2-3-8(6-9(7)12)4-5-16-11(15)17-10(13)14/h2-3,6H,4-5H2,1H3,(H6,13,14,15,16,17).